The Kier molecular flexibility index (Phi) is 3.87. The van der Waals surface area contributed by atoms with Crippen LogP contribution in [0.2, 0.25) is 0 Å². The van der Waals surface area contributed by atoms with Crippen LogP contribution in [-0.4, -0.2) is 44.1 Å². The number of ether oxygens (including phenoxy) is 1. The predicted molar refractivity (Wildman–Crippen MR) is 70.9 cm³/mol. The third-order valence-corrected chi connectivity index (χ3v) is 3.34. The van der Waals surface area contributed by atoms with Crippen molar-refractivity contribution >= 4 is 5.91 Å². The van der Waals surface area contributed by atoms with Gasteiger partial charge in [0.15, 0.2) is 0 Å². The summed E-state index contributed by atoms with van der Waals surface area (Å²) < 4.78 is 6.00. The van der Waals surface area contributed by atoms with E-state index in [0.29, 0.717) is 23.8 Å². The summed E-state index contributed by atoms with van der Waals surface area (Å²) in [5.74, 6) is 1.00. The molecule has 0 bridgehead atoms. The second-order valence-corrected chi connectivity index (χ2v) is 4.87. The molecule has 1 aliphatic rings. The van der Waals surface area contributed by atoms with E-state index in [1.807, 2.05) is 38.4 Å². The molecule has 1 N–H and O–H groups in total. The van der Waals surface area contributed by atoms with Crippen molar-refractivity contribution in [2.24, 2.45) is 5.92 Å². The monoisotopic (exact) mass is 248 g/mol. The first-order chi connectivity index (χ1) is 8.63. The summed E-state index contributed by atoms with van der Waals surface area (Å²) in [6.07, 6.45) is 0.0756. The molecule has 0 saturated carbocycles. The number of carbonyl (C=O) groups is 1. The molecule has 0 aliphatic carbocycles. The molecule has 0 radical (unpaired) electrons. The van der Waals surface area contributed by atoms with Gasteiger partial charge in [-0.05, 0) is 19.2 Å². The van der Waals surface area contributed by atoms with Crippen LogP contribution in [0, 0.1) is 5.92 Å². The first-order valence-electron chi connectivity index (χ1n) is 6.29. The van der Waals surface area contributed by atoms with Crippen LogP contribution in [0.1, 0.15) is 17.3 Å². The minimum absolute atomic E-state index is 0.0281. The molecule has 1 aromatic rings. The molecule has 98 valence electrons. The maximum Gasteiger partial charge on any atom is 0.257 e. The summed E-state index contributed by atoms with van der Waals surface area (Å²) in [6.45, 7) is 3.59. The van der Waals surface area contributed by atoms with Gasteiger partial charge >= 0.3 is 0 Å². The van der Waals surface area contributed by atoms with Crippen molar-refractivity contribution in [1.82, 2.24) is 10.2 Å². The van der Waals surface area contributed by atoms with E-state index in [1.54, 1.807) is 4.90 Å². The highest BCUT2D eigenvalue weighted by molar-refractivity contribution is 5.96. The van der Waals surface area contributed by atoms with Crippen LogP contribution in [0.3, 0.4) is 0 Å². The summed E-state index contributed by atoms with van der Waals surface area (Å²) in [7, 11) is 3.76. The number of fused-ring (bicyclic) bond motifs is 1. The summed E-state index contributed by atoms with van der Waals surface area (Å²) in [5.41, 5.74) is 0.646. The molecule has 4 nitrogen and oxygen atoms in total. The fourth-order valence-electron chi connectivity index (χ4n) is 2.31. The molecule has 1 aliphatic heterocycles. The van der Waals surface area contributed by atoms with E-state index < -0.39 is 0 Å². The van der Waals surface area contributed by atoms with Crippen molar-refractivity contribution in [3.63, 3.8) is 0 Å². The molecule has 0 spiro atoms. The van der Waals surface area contributed by atoms with Crippen LogP contribution < -0.4 is 10.1 Å². The number of rotatable bonds is 2. The Balaban J connectivity index is 2.36. The van der Waals surface area contributed by atoms with Crippen molar-refractivity contribution < 1.29 is 9.53 Å². The summed E-state index contributed by atoms with van der Waals surface area (Å²) in [4.78, 5) is 14.0. The average molecular weight is 248 g/mol. The Morgan fingerprint density at radius 1 is 1.44 bits per heavy atom. The zero-order chi connectivity index (χ0) is 13.1. The van der Waals surface area contributed by atoms with Crippen molar-refractivity contribution in [2.45, 2.75) is 13.0 Å². The van der Waals surface area contributed by atoms with Crippen LogP contribution in [0.4, 0.5) is 0 Å². The van der Waals surface area contributed by atoms with Crippen molar-refractivity contribution in [1.29, 1.82) is 0 Å². The van der Waals surface area contributed by atoms with Crippen molar-refractivity contribution in [3.05, 3.63) is 29.8 Å². The molecule has 2 atom stereocenters. The Labute approximate surface area is 108 Å². The smallest absolute Gasteiger partial charge is 0.257 e. The second-order valence-electron chi connectivity index (χ2n) is 4.87. The average Bonchev–Trinajstić information content (AvgIpc) is 2.37. The molecule has 0 saturated heterocycles. The second kappa shape index (κ2) is 5.40. The summed E-state index contributed by atoms with van der Waals surface area (Å²) >= 11 is 0. The molecule has 1 amide bonds. The quantitative estimate of drug-likeness (QED) is 0.859. The van der Waals surface area contributed by atoms with E-state index in [-0.39, 0.29) is 12.0 Å². The summed E-state index contributed by atoms with van der Waals surface area (Å²) in [6, 6.07) is 7.45. The molecule has 1 aromatic carbocycles. The molecule has 0 fully saturated rings. The number of nitrogens with zero attached hydrogens (tertiary/aromatic N) is 1. The van der Waals surface area contributed by atoms with Gasteiger partial charge in [-0.2, -0.15) is 0 Å². The first-order valence-corrected chi connectivity index (χ1v) is 6.29. The van der Waals surface area contributed by atoms with Gasteiger partial charge in [0.25, 0.3) is 5.91 Å². The third-order valence-electron chi connectivity index (χ3n) is 3.34. The van der Waals surface area contributed by atoms with E-state index in [1.165, 1.54) is 0 Å². The number of hydrogen-bond donors (Lipinski definition) is 1. The van der Waals surface area contributed by atoms with Crippen molar-refractivity contribution in [2.75, 3.05) is 27.2 Å². The number of para-hydroxylation sites is 1. The minimum atomic E-state index is 0.0281. The predicted octanol–water partition coefficient (Wildman–Crippen LogP) is 1.38. The van der Waals surface area contributed by atoms with Gasteiger partial charge in [-0.15, -0.1) is 0 Å². The third kappa shape index (κ3) is 2.48. The van der Waals surface area contributed by atoms with E-state index >= 15 is 0 Å². The van der Waals surface area contributed by atoms with Crippen LogP contribution in [0.5, 0.6) is 5.75 Å². The Bertz CT molecular complexity index is 434. The largest absolute Gasteiger partial charge is 0.488 e. The van der Waals surface area contributed by atoms with Gasteiger partial charge in [0.05, 0.1) is 5.56 Å². The Hall–Kier alpha value is -1.55. The molecule has 18 heavy (non-hydrogen) atoms. The van der Waals surface area contributed by atoms with Crippen molar-refractivity contribution in [3.8, 4) is 5.75 Å². The highest BCUT2D eigenvalue weighted by atomic mass is 16.5. The lowest BCUT2D eigenvalue weighted by atomic mass is 10.0. The minimum Gasteiger partial charge on any atom is -0.488 e. The molecule has 0 unspecified atom stereocenters. The van der Waals surface area contributed by atoms with E-state index in [0.717, 1.165) is 6.54 Å². The molecular weight excluding hydrogens is 228 g/mol. The van der Waals surface area contributed by atoms with Gasteiger partial charge < -0.3 is 15.0 Å². The molecule has 2 rings (SSSR count). The van der Waals surface area contributed by atoms with Crippen LogP contribution in [0.15, 0.2) is 24.3 Å². The van der Waals surface area contributed by atoms with E-state index in [9.17, 15) is 4.79 Å². The highest BCUT2D eigenvalue weighted by Gasteiger charge is 2.28. The van der Waals surface area contributed by atoms with E-state index in [4.69, 9.17) is 4.74 Å². The van der Waals surface area contributed by atoms with Gasteiger partial charge in [0.1, 0.15) is 11.9 Å². The van der Waals surface area contributed by atoms with Crippen LogP contribution in [0.25, 0.3) is 0 Å². The van der Waals surface area contributed by atoms with Crippen LogP contribution >= 0.6 is 0 Å². The lowest BCUT2D eigenvalue weighted by Crippen LogP contribution is -2.44. The molecule has 1 heterocycles. The molecule has 4 heteroatoms. The zero-order valence-corrected chi connectivity index (χ0v) is 11.1. The van der Waals surface area contributed by atoms with Crippen LogP contribution in [-0.2, 0) is 0 Å². The fraction of sp³-hybridized carbons (Fsp3) is 0.500. The van der Waals surface area contributed by atoms with Gasteiger partial charge in [0, 0.05) is 26.1 Å². The number of amides is 1. The Morgan fingerprint density at radius 2 is 2.17 bits per heavy atom. The normalized spacial score (nSPS) is 23.9. The van der Waals surface area contributed by atoms with E-state index in [2.05, 4.69) is 12.2 Å². The number of benzene rings is 1. The van der Waals surface area contributed by atoms with Gasteiger partial charge in [0.2, 0.25) is 0 Å². The first kappa shape index (κ1) is 12.9. The number of nitrogens with one attached hydrogen (secondary N) is 1. The number of carbonyl (C=O) groups excluding carboxylic acids is 1. The zero-order valence-electron chi connectivity index (χ0n) is 11.1. The topological polar surface area (TPSA) is 41.6 Å². The maximum absolute atomic E-state index is 12.2. The standard InChI is InChI=1S/C14H20N2O2/c1-10-9-16(3)14(17)11-6-4-5-7-12(11)18-13(10)8-15-2/h4-7,10,13,15H,8-9H2,1-3H3/t10-,13+/m1/s1. The van der Waals surface area contributed by atoms with Gasteiger partial charge in [-0.25, -0.2) is 0 Å². The lowest BCUT2D eigenvalue weighted by Gasteiger charge is -2.32. The van der Waals surface area contributed by atoms with Gasteiger partial charge in [-0.3, -0.25) is 4.79 Å². The summed E-state index contributed by atoms with van der Waals surface area (Å²) in [5, 5.41) is 3.14. The number of hydrogen-bond acceptors (Lipinski definition) is 3. The maximum atomic E-state index is 12.2. The lowest BCUT2D eigenvalue weighted by molar-refractivity contribution is 0.0637. The molecular formula is C14H20N2O2. The van der Waals surface area contributed by atoms with Gasteiger partial charge in [-0.1, -0.05) is 19.1 Å². The SMILES string of the molecule is CNC[C@@H]1Oc2ccccc2C(=O)N(C)C[C@H]1C. The fourth-order valence-corrected chi connectivity index (χ4v) is 2.31. The number of likely N-dealkylation sites (N-methyl/N-ethyl adjacent to an activating group) is 1. The Morgan fingerprint density at radius 3 is 2.89 bits per heavy atom. The molecule has 0 aromatic heterocycles. The highest BCUT2D eigenvalue weighted by Crippen LogP contribution is 2.25.